The van der Waals surface area contributed by atoms with Gasteiger partial charge in [-0.15, -0.1) is 0 Å². The number of nitrogens with zero attached hydrogens (tertiary/aromatic N) is 2. The average molecular weight is 274 g/mol. The van der Waals surface area contributed by atoms with Gasteiger partial charge in [-0.2, -0.15) is 5.10 Å². The van der Waals surface area contributed by atoms with E-state index in [-0.39, 0.29) is 6.10 Å². The fourth-order valence-corrected chi connectivity index (χ4v) is 2.22. The summed E-state index contributed by atoms with van der Waals surface area (Å²) in [6.45, 7) is 8.20. The Hall–Kier alpha value is -1.97. The highest BCUT2D eigenvalue weighted by atomic mass is 16.5. The largest absolute Gasteiger partial charge is 0.491 e. The molecule has 0 aliphatic rings. The number of aryl methyl sites for hydroxylation is 3. The zero-order chi connectivity index (χ0) is 14.9. The lowest BCUT2D eigenvalue weighted by molar-refractivity contribution is 0.240. The second kappa shape index (κ2) is 5.57. The molecule has 1 aromatic carbocycles. The zero-order valence-electron chi connectivity index (χ0n) is 13.0. The maximum absolute atomic E-state index is 5.82. The van der Waals surface area contributed by atoms with Crippen LogP contribution in [-0.4, -0.2) is 23.0 Å². The minimum Gasteiger partial charge on any atom is -0.491 e. The lowest BCUT2D eigenvalue weighted by atomic mass is 10.0. The van der Waals surface area contributed by atoms with Crippen LogP contribution in [0.3, 0.4) is 0 Å². The quantitative estimate of drug-likeness (QED) is 0.856. The van der Waals surface area contributed by atoms with E-state index >= 15 is 0 Å². The standard InChI is InChI=1S/C16H22N2O2/c1-10(2)20-15-8-11(3)13(7-12(15)4)14-9-16(19-6)18(5)17-14/h7-10H,1-6H3. The van der Waals surface area contributed by atoms with Crippen molar-refractivity contribution in [3.63, 3.8) is 0 Å². The van der Waals surface area contributed by atoms with Gasteiger partial charge >= 0.3 is 0 Å². The Labute approximate surface area is 120 Å². The number of ether oxygens (including phenoxy) is 2. The van der Waals surface area contributed by atoms with E-state index in [1.807, 2.05) is 27.0 Å². The van der Waals surface area contributed by atoms with E-state index in [4.69, 9.17) is 9.47 Å². The van der Waals surface area contributed by atoms with Crippen LogP contribution in [0.4, 0.5) is 0 Å². The molecule has 0 amide bonds. The third kappa shape index (κ3) is 2.79. The van der Waals surface area contributed by atoms with Crippen LogP contribution >= 0.6 is 0 Å². The molecule has 2 rings (SSSR count). The van der Waals surface area contributed by atoms with Crippen molar-refractivity contribution in [2.75, 3.05) is 7.11 Å². The summed E-state index contributed by atoms with van der Waals surface area (Å²) in [5.74, 6) is 1.68. The fraction of sp³-hybridized carbons (Fsp3) is 0.438. The summed E-state index contributed by atoms with van der Waals surface area (Å²) in [7, 11) is 3.53. The van der Waals surface area contributed by atoms with E-state index in [0.717, 1.165) is 34.0 Å². The maximum atomic E-state index is 5.82. The number of hydrogen-bond acceptors (Lipinski definition) is 3. The molecule has 0 fully saturated rings. The van der Waals surface area contributed by atoms with Crippen molar-refractivity contribution in [2.45, 2.75) is 33.8 Å². The Bertz CT molecular complexity index is 615. The van der Waals surface area contributed by atoms with Gasteiger partial charge in [-0.1, -0.05) is 0 Å². The zero-order valence-corrected chi connectivity index (χ0v) is 13.0. The van der Waals surface area contributed by atoms with Gasteiger partial charge in [0.25, 0.3) is 0 Å². The van der Waals surface area contributed by atoms with Crippen LogP contribution in [0.1, 0.15) is 25.0 Å². The van der Waals surface area contributed by atoms with Crippen molar-refractivity contribution < 1.29 is 9.47 Å². The fourth-order valence-electron chi connectivity index (χ4n) is 2.22. The highest BCUT2D eigenvalue weighted by Gasteiger charge is 2.13. The Kier molecular flexibility index (Phi) is 4.02. The SMILES string of the molecule is COc1cc(-c2cc(C)c(OC(C)C)cc2C)nn1C. The topological polar surface area (TPSA) is 36.3 Å². The van der Waals surface area contributed by atoms with Gasteiger partial charge in [0.2, 0.25) is 5.88 Å². The number of methoxy groups -OCH3 is 1. The molecule has 0 saturated heterocycles. The minimum absolute atomic E-state index is 0.175. The summed E-state index contributed by atoms with van der Waals surface area (Å²) in [6, 6.07) is 6.14. The normalized spacial score (nSPS) is 10.9. The monoisotopic (exact) mass is 274 g/mol. The molecule has 1 aromatic heterocycles. The molecule has 4 heteroatoms. The molecule has 0 unspecified atom stereocenters. The highest BCUT2D eigenvalue weighted by Crippen LogP contribution is 2.31. The Morgan fingerprint density at radius 1 is 1.10 bits per heavy atom. The molecular formula is C16H22N2O2. The van der Waals surface area contributed by atoms with Gasteiger partial charge in [0.1, 0.15) is 5.75 Å². The Balaban J connectivity index is 2.44. The van der Waals surface area contributed by atoms with Gasteiger partial charge in [-0.25, -0.2) is 4.68 Å². The molecule has 2 aromatic rings. The first-order valence-corrected chi connectivity index (χ1v) is 6.78. The van der Waals surface area contributed by atoms with Gasteiger partial charge in [-0.05, 0) is 51.0 Å². The van der Waals surface area contributed by atoms with E-state index in [0.29, 0.717) is 0 Å². The molecule has 20 heavy (non-hydrogen) atoms. The van der Waals surface area contributed by atoms with E-state index in [9.17, 15) is 0 Å². The molecule has 1 heterocycles. The molecule has 0 aliphatic carbocycles. The lowest BCUT2D eigenvalue weighted by Crippen LogP contribution is -2.07. The van der Waals surface area contributed by atoms with E-state index in [1.165, 1.54) is 0 Å². The van der Waals surface area contributed by atoms with Crippen LogP contribution in [0.15, 0.2) is 18.2 Å². The smallest absolute Gasteiger partial charge is 0.211 e. The summed E-state index contributed by atoms with van der Waals surface area (Å²) in [4.78, 5) is 0. The molecule has 0 spiro atoms. The third-order valence-electron chi connectivity index (χ3n) is 3.21. The van der Waals surface area contributed by atoms with Crippen molar-refractivity contribution in [3.05, 3.63) is 29.3 Å². The minimum atomic E-state index is 0.175. The van der Waals surface area contributed by atoms with E-state index in [2.05, 4.69) is 31.1 Å². The van der Waals surface area contributed by atoms with Crippen molar-refractivity contribution in [1.29, 1.82) is 0 Å². The predicted molar refractivity (Wildman–Crippen MR) is 80.4 cm³/mol. The number of aromatic nitrogens is 2. The molecule has 108 valence electrons. The Morgan fingerprint density at radius 2 is 1.80 bits per heavy atom. The number of hydrogen-bond donors (Lipinski definition) is 0. The summed E-state index contributed by atoms with van der Waals surface area (Å²) < 4.78 is 12.8. The molecular weight excluding hydrogens is 252 g/mol. The van der Waals surface area contributed by atoms with Gasteiger partial charge in [0.15, 0.2) is 0 Å². The van der Waals surface area contributed by atoms with Crippen molar-refractivity contribution >= 4 is 0 Å². The van der Waals surface area contributed by atoms with E-state index < -0.39 is 0 Å². The Morgan fingerprint density at radius 3 is 2.35 bits per heavy atom. The van der Waals surface area contributed by atoms with Gasteiger partial charge < -0.3 is 9.47 Å². The molecule has 0 aliphatic heterocycles. The predicted octanol–water partition coefficient (Wildman–Crippen LogP) is 3.50. The number of benzene rings is 1. The van der Waals surface area contributed by atoms with Crippen LogP contribution in [0.2, 0.25) is 0 Å². The summed E-state index contributed by atoms with van der Waals surface area (Å²) in [6.07, 6.45) is 0.175. The molecule has 0 atom stereocenters. The highest BCUT2D eigenvalue weighted by molar-refractivity contribution is 5.67. The van der Waals surface area contributed by atoms with Crippen molar-refractivity contribution in [2.24, 2.45) is 7.05 Å². The van der Waals surface area contributed by atoms with Crippen LogP contribution < -0.4 is 9.47 Å². The van der Waals surface area contributed by atoms with Crippen LogP contribution in [0.25, 0.3) is 11.3 Å². The third-order valence-corrected chi connectivity index (χ3v) is 3.21. The second-order valence-electron chi connectivity index (χ2n) is 5.29. The van der Waals surface area contributed by atoms with Crippen molar-refractivity contribution in [3.8, 4) is 22.9 Å². The molecule has 0 bridgehead atoms. The van der Waals surface area contributed by atoms with Crippen LogP contribution in [-0.2, 0) is 7.05 Å². The molecule has 0 radical (unpaired) electrons. The average Bonchev–Trinajstić information content (AvgIpc) is 2.74. The van der Waals surface area contributed by atoms with Gasteiger partial charge in [-0.3, -0.25) is 0 Å². The first kappa shape index (κ1) is 14.4. The van der Waals surface area contributed by atoms with E-state index in [1.54, 1.807) is 11.8 Å². The first-order chi connectivity index (χ1) is 9.42. The van der Waals surface area contributed by atoms with Crippen LogP contribution in [0, 0.1) is 13.8 Å². The van der Waals surface area contributed by atoms with Crippen molar-refractivity contribution in [1.82, 2.24) is 9.78 Å². The summed E-state index contributed by atoms with van der Waals surface area (Å²) in [5, 5.41) is 4.50. The molecule has 4 nitrogen and oxygen atoms in total. The van der Waals surface area contributed by atoms with Crippen LogP contribution in [0.5, 0.6) is 11.6 Å². The summed E-state index contributed by atoms with van der Waals surface area (Å²) in [5.41, 5.74) is 4.29. The summed E-state index contributed by atoms with van der Waals surface area (Å²) >= 11 is 0. The second-order valence-corrected chi connectivity index (χ2v) is 5.29. The lowest BCUT2D eigenvalue weighted by Gasteiger charge is -2.14. The first-order valence-electron chi connectivity index (χ1n) is 6.78. The molecule has 0 N–H and O–H groups in total. The maximum Gasteiger partial charge on any atom is 0.211 e. The van der Waals surface area contributed by atoms with Gasteiger partial charge in [0, 0.05) is 18.7 Å². The number of rotatable bonds is 4. The van der Waals surface area contributed by atoms with Gasteiger partial charge in [0.05, 0.1) is 18.9 Å². The molecule has 0 saturated carbocycles.